The highest BCUT2D eigenvalue weighted by atomic mass is 15.2. The Bertz CT molecular complexity index is 464. The van der Waals surface area contributed by atoms with Crippen molar-refractivity contribution in [2.75, 3.05) is 11.4 Å². The molecule has 0 spiro atoms. The van der Waals surface area contributed by atoms with Crippen molar-refractivity contribution in [1.29, 1.82) is 0 Å². The molecule has 0 bridgehead atoms. The number of hydrogen-bond acceptors (Lipinski definition) is 2. The summed E-state index contributed by atoms with van der Waals surface area (Å²) >= 11 is 0. The summed E-state index contributed by atoms with van der Waals surface area (Å²) in [5.74, 6) is 0.805. The van der Waals surface area contributed by atoms with E-state index in [1.165, 1.54) is 49.0 Å². The third-order valence-corrected chi connectivity index (χ3v) is 5.12. The zero-order chi connectivity index (χ0) is 14.1. The predicted molar refractivity (Wildman–Crippen MR) is 86.2 cm³/mol. The minimum Gasteiger partial charge on any atom is -0.368 e. The molecule has 2 heteroatoms. The minimum atomic E-state index is 0.665. The van der Waals surface area contributed by atoms with Crippen LogP contribution in [-0.2, 0) is 6.54 Å². The second-order valence-electron chi connectivity index (χ2n) is 6.83. The number of piperidine rings is 1. The van der Waals surface area contributed by atoms with Crippen molar-refractivity contribution in [3.63, 3.8) is 0 Å². The number of anilines is 1. The molecule has 1 aromatic rings. The largest absolute Gasteiger partial charge is 0.368 e. The van der Waals surface area contributed by atoms with Crippen molar-refractivity contribution < 1.29 is 0 Å². The number of aryl methyl sites for hydroxylation is 1. The highest BCUT2D eigenvalue weighted by molar-refractivity contribution is 5.55. The summed E-state index contributed by atoms with van der Waals surface area (Å²) in [6, 6.07) is 8.48. The fourth-order valence-electron chi connectivity index (χ4n) is 3.37. The van der Waals surface area contributed by atoms with E-state index >= 15 is 0 Å². The summed E-state index contributed by atoms with van der Waals surface area (Å²) in [7, 11) is 0. The number of hydrogen-bond donors (Lipinski definition) is 1. The van der Waals surface area contributed by atoms with E-state index in [0.29, 0.717) is 6.04 Å². The lowest BCUT2D eigenvalue weighted by Gasteiger charge is -2.40. The van der Waals surface area contributed by atoms with E-state index < -0.39 is 0 Å². The average Bonchev–Trinajstić information content (AvgIpc) is 3.24. The van der Waals surface area contributed by atoms with Crippen molar-refractivity contribution in [3.05, 3.63) is 29.3 Å². The van der Waals surface area contributed by atoms with Crippen LogP contribution in [-0.4, -0.2) is 18.6 Å². The lowest BCUT2D eigenvalue weighted by Crippen LogP contribution is -2.42. The van der Waals surface area contributed by atoms with Gasteiger partial charge in [-0.15, -0.1) is 0 Å². The summed E-state index contributed by atoms with van der Waals surface area (Å²) in [5, 5.41) is 3.60. The van der Waals surface area contributed by atoms with Crippen LogP contribution in [0.1, 0.15) is 50.7 Å². The fourth-order valence-corrected chi connectivity index (χ4v) is 3.37. The maximum absolute atomic E-state index is 3.60. The molecular formula is C18H28N2. The molecule has 2 fully saturated rings. The Morgan fingerprint density at radius 2 is 2.00 bits per heavy atom. The Labute approximate surface area is 123 Å². The third kappa shape index (κ3) is 3.01. The number of nitrogens with one attached hydrogen (secondary N) is 1. The maximum atomic E-state index is 3.60. The zero-order valence-electron chi connectivity index (χ0n) is 13.2. The molecule has 2 aliphatic rings. The zero-order valence-corrected chi connectivity index (χ0v) is 13.2. The van der Waals surface area contributed by atoms with Crippen LogP contribution < -0.4 is 10.2 Å². The van der Waals surface area contributed by atoms with Gasteiger partial charge >= 0.3 is 0 Å². The monoisotopic (exact) mass is 272 g/mol. The molecule has 2 atom stereocenters. The van der Waals surface area contributed by atoms with Crippen LogP contribution in [0.4, 0.5) is 5.69 Å². The van der Waals surface area contributed by atoms with Gasteiger partial charge in [0, 0.05) is 30.9 Å². The molecule has 1 aliphatic carbocycles. The molecule has 2 unspecified atom stereocenters. The molecule has 1 aromatic carbocycles. The maximum Gasteiger partial charge on any atom is 0.0398 e. The quantitative estimate of drug-likeness (QED) is 0.895. The topological polar surface area (TPSA) is 15.3 Å². The first-order valence-corrected chi connectivity index (χ1v) is 8.24. The van der Waals surface area contributed by atoms with Gasteiger partial charge in [-0.25, -0.2) is 0 Å². The number of benzene rings is 1. The summed E-state index contributed by atoms with van der Waals surface area (Å²) < 4.78 is 0. The van der Waals surface area contributed by atoms with E-state index in [0.717, 1.165) is 18.5 Å². The van der Waals surface area contributed by atoms with Gasteiger partial charge in [-0.2, -0.15) is 0 Å². The van der Waals surface area contributed by atoms with Gasteiger partial charge in [0.05, 0.1) is 0 Å². The molecule has 0 aromatic heterocycles. The van der Waals surface area contributed by atoms with Crippen LogP contribution >= 0.6 is 0 Å². The average molecular weight is 272 g/mol. The van der Waals surface area contributed by atoms with Crippen LogP contribution in [0, 0.1) is 12.8 Å². The normalized spacial score (nSPS) is 26.9. The second-order valence-corrected chi connectivity index (χ2v) is 6.83. The Kier molecular flexibility index (Phi) is 4.02. The standard InChI is InChI=1S/C18H28N2/c1-13-5-4-10-20(15(13)3)18-9-6-16(11-14(18)2)12-19-17-7-8-17/h6,9,11,13,15,17,19H,4-5,7-8,10,12H2,1-3H3. The molecule has 2 nitrogen and oxygen atoms in total. The van der Waals surface area contributed by atoms with Crippen molar-refractivity contribution in [1.82, 2.24) is 5.32 Å². The lowest BCUT2D eigenvalue weighted by atomic mass is 9.91. The van der Waals surface area contributed by atoms with E-state index in [4.69, 9.17) is 0 Å². The first-order valence-electron chi connectivity index (χ1n) is 8.24. The third-order valence-electron chi connectivity index (χ3n) is 5.12. The Morgan fingerprint density at radius 3 is 2.70 bits per heavy atom. The van der Waals surface area contributed by atoms with Crippen LogP contribution in [0.3, 0.4) is 0 Å². The van der Waals surface area contributed by atoms with E-state index in [1.54, 1.807) is 0 Å². The highest BCUT2D eigenvalue weighted by Gasteiger charge is 2.25. The second kappa shape index (κ2) is 5.77. The van der Waals surface area contributed by atoms with Crippen LogP contribution in [0.15, 0.2) is 18.2 Å². The molecule has 1 heterocycles. The van der Waals surface area contributed by atoms with Crippen LogP contribution in [0.5, 0.6) is 0 Å². The van der Waals surface area contributed by atoms with E-state index in [9.17, 15) is 0 Å². The van der Waals surface area contributed by atoms with Gasteiger partial charge in [-0.3, -0.25) is 0 Å². The molecule has 1 aliphatic heterocycles. The van der Waals surface area contributed by atoms with Crippen molar-refractivity contribution in [3.8, 4) is 0 Å². The smallest absolute Gasteiger partial charge is 0.0398 e. The summed E-state index contributed by atoms with van der Waals surface area (Å²) in [6.07, 6.45) is 5.43. The van der Waals surface area contributed by atoms with Gasteiger partial charge < -0.3 is 10.2 Å². The van der Waals surface area contributed by atoms with E-state index in [2.05, 4.69) is 49.2 Å². The van der Waals surface area contributed by atoms with Gasteiger partial charge in [0.2, 0.25) is 0 Å². The Hall–Kier alpha value is -1.02. The van der Waals surface area contributed by atoms with E-state index in [1.807, 2.05) is 0 Å². The van der Waals surface area contributed by atoms with Crippen molar-refractivity contribution in [2.24, 2.45) is 5.92 Å². The Morgan fingerprint density at radius 1 is 1.20 bits per heavy atom. The van der Waals surface area contributed by atoms with Crippen LogP contribution in [0.2, 0.25) is 0 Å². The van der Waals surface area contributed by atoms with Gasteiger partial charge in [0.25, 0.3) is 0 Å². The van der Waals surface area contributed by atoms with Gasteiger partial charge in [0.1, 0.15) is 0 Å². The predicted octanol–water partition coefficient (Wildman–Crippen LogP) is 3.87. The summed E-state index contributed by atoms with van der Waals surface area (Å²) in [6.45, 7) is 9.28. The molecule has 3 rings (SSSR count). The SMILES string of the molecule is Cc1cc(CNC2CC2)ccc1N1CCCC(C)C1C. The lowest BCUT2D eigenvalue weighted by molar-refractivity contribution is 0.363. The van der Waals surface area contributed by atoms with Crippen molar-refractivity contribution in [2.45, 2.75) is 65.1 Å². The Balaban J connectivity index is 1.72. The number of nitrogens with zero attached hydrogens (tertiary/aromatic N) is 1. The summed E-state index contributed by atoms with van der Waals surface area (Å²) in [4.78, 5) is 2.61. The molecule has 110 valence electrons. The first-order chi connectivity index (χ1) is 9.65. The molecule has 1 N–H and O–H groups in total. The molecule has 1 saturated heterocycles. The van der Waals surface area contributed by atoms with Gasteiger partial charge in [0.15, 0.2) is 0 Å². The van der Waals surface area contributed by atoms with Crippen LogP contribution in [0.25, 0.3) is 0 Å². The molecule has 1 saturated carbocycles. The number of rotatable bonds is 4. The van der Waals surface area contributed by atoms with Crippen molar-refractivity contribution >= 4 is 5.69 Å². The molecular weight excluding hydrogens is 244 g/mol. The minimum absolute atomic E-state index is 0.665. The molecule has 0 radical (unpaired) electrons. The molecule has 0 amide bonds. The van der Waals surface area contributed by atoms with Gasteiger partial charge in [-0.1, -0.05) is 19.1 Å². The fraction of sp³-hybridized carbons (Fsp3) is 0.667. The summed E-state index contributed by atoms with van der Waals surface area (Å²) in [5.41, 5.74) is 4.30. The first kappa shape index (κ1) is 13.9. The molecule has 20 heavy (non-hydrogen) atoms. The van der Waals surface area contributed by atoms with Gasteiger partial charge in [-0.05, 0) is 62.6 Å². The van der Waals surface area contributed by atoms with E-state index in [-0.39, 0.29) is 0 Å². The highest BCUT2D eigenvalue weighted by Crippen LogP contribution is 2.31.